The van der Waals surface area contributed by atoms with Gasteiger partial charge in [0.15, 0.2) is 0 Å². The maximum atomic E-state index is 11.5. The van der Waals surface area contributed by atoms with Gasteiger partial charge in [-0.05, 0) is 55.8 Å². The van der Waals surface area contributed by atoms with Crippen molar-refractivity contribution in [1.29, 1.82) is 0 Å². The molecule has 4 aliphatic carbocycles. The number of hydrogen-bond acceptors (Lipinski definition) is 2. The van der Waals surface area contributed by atoms with E-state index >= 15 is 0 Å². The summed E-state index contributed by atoms with van der Waals surface area (Å²) in [4.78, 5) is 11.5. The van der Waals surface area contributed by atoms with Crippen LogP contribution >= 0.6 is 0 Å². The van der Waals surface area contributed by atoms with Crippen LogP contribution in [0.25, 0.3) is 0 Å². The third kappa shape index (κ3) is 1.14. The van der Waals surface area contributed by atoms with Gasteiger partial charge in [0.1, 0.15) is 0 Å². The second-order valence-corrected chi connectivity index (χ2v) is 6.07. The summed E-state index contributed by atoms with van der Waals surface area (Å²) in [5.41, 5.74) is -0.427. The van der Waals surface area contributed by atoms with Crippen LogP contribution in [0, 0.1) is 29.1 Å². The molecule has 2 heteroatoms. The van der Waals surface area contributed by atoms with Crippen LogP contribution in [0.4, 0.5) is 0 Å². The van der Waals surface area contributed by atoms with E-state index in [1.807, 2.05) is 0 Å². The number of carboxylic acid groups (broad SMARTS) is 1. The van der Waals surface area contributed by atoms with Crippen molar-refractivity contribution >= 4 is 5.97 Å². The molecule has 0 spiro atoms. The Morgan fingerprint density at radius 1 is 1.27 bits per heavy atom. The van der Waals surface area contributed by atoms with Gasteiger partial charge in [-0.1, -0.05) is 13.3 Å². The predicted octanol–water partition coefficient (Wildman–Crippen LogP) is 1.59. The molecule has 3 atom stereocenters. The Balaban J connectivity index is 2.00. The minimum Gasteiger partial charge on any atom is -0.550 e. The average Bonchev–Trinajstić information content (AvgIpc) is 2.16. The topological polar surface area (TPSA) is 40.1 Å². The quantitative estimate of drug-likeness (QED) is 0.690. The lowest BCUT2D eigenvalue weighted by atomic mass is 9.44. The van der Waals surface area contributed by atoms with Gasteiger partial charge < -0.3 is 9.90 Å². The molecule has 0 N–H and O–H groups in total. The summed E-state index contributed by atoms with van der Waals surface area (Å²) in [7, 11) is 0. The van der Waals surface area contributed by atoms with Gasteiger partial charge in [-0.25, -0.2) is 0 Å². The number of carbonyl (C=O) groups is 1. The lowest BCUT2D eigenvalue weighted by Gasteiger charge is -2.61. The molecule has 0 aromatic carbocycles. The van der Waals surface area contributed by atoms with Crippen LogP contribution in [-0.2, 0) is 4.79 Å². The number of carboxylic acids is 1. The number of rotatable bonds is 2. The Hall–Kier alpha value is -0.530. The Bertz CT molecular complexity index is 283. The van der Waals surface area contributed by atoms with Gasteiger partial charge in [0, 0.05) is 11.4 Å². The van der Waals surface area contributed by atoms with Crippen molar-refractivity contribution < 1.29 is 9.90 Å². The minimum absolute atomic E-state index is 0.412. The van der Waals surface area contributed by atoms with Crippen molar-refractivity contribution in [1.82, 2.24) is 0 Å². The van der Waals surface area contributed by atoms with Gasteiger partial charge in [0.05, 0.1) is 0 Å². The molecule has 4 fully saturated rings. The maximum Gasteiger partial charge on any atom is 0.0479 e. The molecule has 0 aliphatic heterocycles. The zero-order valence-electron chi connectivity index (χ0n) is 9.37. The van der Waals surface area contributed by atoms with Gasteiger partial charge in [-0.3, -0.25) is 0 Å². The number of aliphatic carboxylic acids is 1. The Morgan fingerprint density at radius 3 is 2.33 bits per heavy atom. The first kappa shape index (κ1) is 9.68. The molecule has 3 unspecified atom stereocenters. The van der Waals surface area contributed by atoms with E-state index in [0.717, 1.165) is 19.3 Å². The lowest BCUT2D eigenvalue weighted by Crippen LogP contribution is -2.59. The molecular weight excluding hydrogens is 188 g/mol. The van der Waals surface area contributed by atoms with Crippen LogP contribution in [0.5, 0.6) is 0 Å². The van der Waals surface area contributed by atoms with Crippen LogP contribution in [0.3, 0.4) is 0 Å². The van der Waals surface area contributed by atoms with Crippen molar-refractivity contribution in [2.45, 2.75) is 45.4 Å². The Morgan fingerprint density at radius 2 is 1.87 bits per heavy atom. The summed E-state index contributed by atoms with van der Waals surface area (Å²) in [6.07, 6.45) is 6.75. The van der Waals surface area contributed by atoms with E-state index in [0.29, 0.717) is 23.7 Å². The standard InChI is InChI=1S/C13H20O2/c1-2-11-10-4-8-3-9(5-10)7-13(11,6-8)12(14)15/h8-11H,2-7H2,1H3,(H,14,15)/p-1. The molecule has 0 saturated heterocycles. The van der Waals surface area contributed by atoms with Gasteiger partial charge in [-0.15, -0.1) is 0 Å². The van der Waals surface area contributed by atoms with E-state index in [-0.39, 0.29) is 0 Å². The summed E-state index contributed by atoms with van der Waals surface area (Å²) in [6, 6.07) is 0. The van der Waals surface area contributed by atoms with Gasteiger partial charge in [0.25, 0.3) is 0 Å². The van der Waals surface area contributed by atoms with Crippen LogP contribution in [0.15, 0.2) is 0 Å². The van der Waals surface area contributed by atoms with Gasteiger partial charge >= 0.3 is 0 Å². The highest BCUT2D eigenvalue weighted by Gasteiger charge is 2.56. The van der Waals surface area contributed by atoms with Crippen molar-refractivity contribution in [3.8, 4) is 0 Å². The first-order chi connectivity index (χ1) is 7.15. The molecule has 0 aromatic heterocycles. The fourth-order valence-corrected chi connectivity index (χ4v) is 5.19. The largest absolute Gasteiger partial charge is 0.550 e. The minimum atomic E-state index is -0.742. The molecule has 4 saturated carbocycles. The normalized spacial score (nSPS) is 52.1. The van der Waals surface area contributed by atoms with E-state index in [1.54, 1.807) is 0 Å². The first-order valence-electron chi connectivity index (χ1n) is 6.37. The molecule has 0 radical (unpaired) electrons. The van der Waals surface area contributed by atoms with Crippen molar-refractivity contribution in [3.63, 3.8) is 0 Å². The first-order valence-corrected chi connectivity index (χ1v) is 6.37. The third-order valence-corrected chi connectivity index (χ3v) is 5.37. The number of carbonyl (C=O) groups excluding carboxylic acids is 1. The van der Waals surface area contributed by atoms with E-state index in [4.69, 9.17) is 0 Å². The molecule has 0 heterocycles. The second kappa shape index (κ2) is 2.99. The molecule has 4 aliphatic rings. The van der Waals surface area contributed by atoms with Gasteiger partial charge in [-0.2, -0.15) is 0 Å². The summed E-state index contributed by atoms with van der Waals surface area (Å²) in [6.45, 7) is 2.15. The lowest BCUT2D eigenvalue weighted by molar-refractivity contribution is -0.332. The Labute approximate surface area is 91.1 Å². The van der Waals surface area contributed by atoms with Crippen LogP contribution in [0.2, 0.25) is 0 Å². The fourth-order valence-electron chi connectivity index (χ4n) is 5.19. The molecular formula is C13H19O2-. The van der Waals surface area contributed by atoms with E-state index < -0.39 is 11.4 Å². The molecule has 0 amide bonds. The molecule has 4 bridgehead atoms. The number of hydrogen-bond donors (Lipinski definition) is 0. The zero-order chi connectivity index (χ0) is 10.6. The van der Waals surface area contributed by atoms with Crippen molar-refractivity contribution in [3.05, 3.63) is 0 Å². The third-order valence-electron chi connectivity index (χ3n) is 5.37. The van der Waals surface area contributed by atoms with Crippen LogP contribution in [-0.4, -0.2) is 5.97 Å². The molecule has 84 valence electrons. The van der Waals surface area contributed by atoms with Crippen LogP contribution in [0.1, 0.15) is 45.4 Å². The summed E-state index contributed by atoms with van der Waals surface area (Å²) < 4.78 is 0. The van der Waals surface area contributed by atoms with E-state index in [1.165, 1.54) is 19.3 Å². The highest BCUT2D eigenvalue weighted by molar-refractivity contribution is 5.73. The van der Waals surface area contributed by atoms with Crippen LogP contribution < -0.4 is 5.11 Å². The van der Waals surface area contributed by atoms with E-state index in [9.17, 15) is 9.90 Å². The molecule has 4 rings (SSSR count). The summed E-state index contributed by atoms with van der Waals surface area (Å²) in [5, 5.41) is 11.5. The smallest absolute Gasteiger partial charge is 0.0479 e. The zero-order valence-corrected chi connectivity index (χ0v) is 9.37. The molecule has 15 heavy (non-hydrogen) atoms. The summed E-state index contributed by atoms with van der Waals surface area (Å²) >= 11 is 0. The maximum absolute atomic E-state index is 11.5. The highest BCUT2D eigenvalue weighted by Crippen LogP contribution is 2.63. The van der Waals surface area contributed by atoms with Crippen molar-refractivity contribution in [2.75, 3.05) is 0 Å². The van der Waals surface area contributed by atoms with E-state index in [2.05, 4.69) is 6.92 Å². The average molecular weight is 207 g/mol. The van der Waals surface area contributed by atoms with Gasteiger partial charge in [0.2, 0.25) is 0 Å². The second-order valence-electron chi connectivity index (χ2n) is 6.07. The molecule has 0 aromatic rings. The fraction of sp³-hybridized carbons (Fsp3) is 0.923. The highest BCUT2D eigenvalue weighted by atomic mass is 16.4. The summed E-state index contributed by atoms with van der Waals surface area (Å²) in [5.74, 6) is 1.76. The SMILES string of the molecule is CCC1C2CC3CC(C2)CC1(C(=O)[O-])C3. The Kier molecular flexibility index (Phi) is 1.93. The monoisotopic (exact) mass is 207 g/mol. The van der Waals surface area contributed by atoms with Crippen molar-refractivity contribution in [2.24, 2.45) is 29.1 Å². The predicted molar refractivity (Wildman–Crippen MR) is 54.8 cm³/mol. The molecule has 2 nitrogen and oxygen atoms in total.